The molecule has 0 aliphatic rings. The largest absolute Gasteiger partial charge is 0.377 e. The van der Waals surface area contributed by atoms with E-state index in [1.165, 1.54) is 0 Å². The summed E-state index contributed by atoms with van der Waals surface area (Å²) in [6, 6.07) is 5.77. The number of benzene rings is 1. The standard InChI is InChI=1S/C12H19ClN2O/c1-8(2)16-7-12(15-14)11-5-4-10(13)6-9(11)3/h4-6,8,12,15H,7,14H2,1-3H3. The molecular formula is C12H19ClN2O. The lowest BCUT2D eigenvalue weighted by molar-refractivity contribution is 0.0610. The van der Waals surface area contributed by atoms with Crippen LogP contribution in [0.4, 0.5) is 0 Å². The number of nitrogens with one attached hydrogen (secondary N) is 1. The van der Waals surface area contributed by atoms with Gasteiger partial charge in [0, 0.05) is 5.02 Å². The van der Waals surface area contributed by atoms with Crippen LogP contribution in [-0.2, 0) is 4.74 Å². The van der Waals surface area contributed by atoms with Crippen LogP contribution < -0.4 is 11.3 Å². The lowest BCUT2D eigenvalue weighted by Gasteiger charge is -2.20. The maximum Gasteiger partial charge on any atom is 0.0696 e. The molecule has 0 spiro atoms. The van der Waals surface area contributed by atoms with Crippen LogP contribution in [0.5, 0.6) is 0 Å². The molecule has 1 unspecified atom stereocenters. The van der Waals surface area contributed by atoms with Crippen molar-refractivity contribution in [1.29, 1.82) is 0 Å². The number of rotatable bonds is 5. The van der Waals surface area contributed by atoms with Crippen LogP contribution in [0.1, 0.15) is 31.0 Å². The molecule has 1 rings (SSSR count). The van der Waals surface area contributed by atoms with Gasteiger partial charge in [0.05, 0.1) is 18.8 Å². The highest BCUT2D eigenvalue weighted by atomic mass is 35.5. The molecule has 0 aliphatic heterocycles. The molecule has 3 nitrogen and oxygen atoms in total. The Morgan fingerprint density at radius 2 is 2.12 bits per heavy atom. The molecule has 90 valence electrons. The first-order valence-electron chi connectivity index (χ1n) is 5.38. The average molecular weight is 243 g/mol. The minimum Gasteiger partial charge on any atom is -0.377 e. The second kappa shape index (κ2) is 6.21. The summed E-state index contributed by atoms with van der Waals surface area (Å²) in [7, 11) is 0. The molecule has 4 heteroatoms. The molecule has 0 fully saturated rings. The molecule has 0 heterocycles. The zero-order valence-electron chi connectivity index (χ0n) is 9.96. The van der Waals surface area contributed by atoms with Crippen LogP contribution in [0.25, 0.3) is 0 Å². The fourth-order valence-corrected chi connectivity index (χ4v) is 1.77. The highest BCUT2D eigenvalue weighted by Crippen LogP contribution is 2.21. The summed E-state index contributed by atoms with van der Waals surface area (Å²) in [5, 5.41) is 0.738. The van der Waals surface area contributed by atoms with Crippen LogP contribution >= 0.6 is 11.6 Å². The van der Waals surface area contributed by atoms with E-state index < -0.39 is 0 Å². The number of hydrogen-bond acceptors (Lipinski definition) is 3. The molecule has 0 saturated heterocycles. The van der Waals surface area contributed by atoms with Crippen molar-refractivity contribution < 1.29 is 4.74 Å². The van der Waals surface area contributed by atoms with Crippen molar-refractivity contribution in [2.45, 2.75) is 32.9 Å². The lowest BCUT2D eigenvalue weighted by atomic mass is 10.0. The number of ether oxygens (including phenoxy) is 1. The number of nitrogens with two attached hydrogens (primary N) is 1. The summed E-state index contributed by atoms with van der Waals surface area (Å²) >= 11 is 5.91. The lowest BCUT2D eigenvalue weighted by Crippen LogP contribution is -2.32. The van der Waals surface area contributed by atoms with Gasteiger partial charge in [-0.2, -0.15) is 0 Å². The van der Waals surface area contributed by atoms with Gasteiger partial charge in [-0.15, -0.1) is 0 Å². The van der Waals surface area contributed by atoms with E-state index >= 15 is 0 Å². The van der Waals surface area contributed by atoms with E-state index in [0.29, 0.717) is 6.61 Å². The molecule has 0 radical (unpaired) electrons. The van der Waals surface area contributed by atoms with Crippen molar-refractivity contribution in [3.05, 3.63) is 34.3 Å². The van der Waals surface area contributed by atoms with Crippen molar-refractivity contribution in [3.63, 3.8) is 0 Å². The third-order valence-corrected chi connectivity index (χ3v) is 2.64. The molecule has 3 N–H and O–H groups in total. The summed E-state index contributed by atoms with van der Waals surface area (Å²) in [6.45, 7) is 6.57. The number of hydrogen-bond donors (Lipinski definition) is 2. The van der Waals surface area contributed by atoms with Gasteiger partial charge in [0.15, 0.2) is 0 Å². The smallest absolute Gasteiger partial charge is 0.0696 e. The Kier molecular flexibility index (Phi) is 5.22. The Balaban J connectivity index is 2.78. The predicted molar refractivity (Wildman–Crippen MR) is 67.3 cm³/mol. The summed E-state index contributed by atoms with van der Waals surface area (Å²) in [5.41, 5.74) is 5.00. The Labute approximate surface area is 102 Å². The van der Waals surface area contributed by atoms with E-state index in [-0.39, 0.29) is 12.1 Å². The molecule has 1 aromatic rings. The van der Waals surface area contributed by atoms with Crippen molar-refractivity contribution in [2.75, 3.05) is 6.61 Å². The highest BCUT2D eigenvalue weighted by Gasteiger charge is 2.13. The fraction of sp³-hybridized carbons (Fsp3) is 0.500. The fourth-order valence-electron chi connectivity index (χ4n) is 1.55. The van der Waals surface area contributed by atoms with Gasteiger partial charge in [-0.05, 0) is 44.0 Å². The first-order chi connectivity index (χ1) is 7.54. The van der Waals surface area contributed by atoms with E-state index in [0.717, 1.165) is 16.1 Å². The van der Waals surface area contributed by atoms with Gasteiger partial charge in [-0.25, -0.2) is 0 Å². The van der Waals surface area contributed by atoms with E-state index in [4.69, 9.17) is 22.2 Å². The molecule has 16 heavy (non-hydrogen) atoms. The van der Waals surface area contributed by atoms with Crippen LogP contribution in [0, 0.1) is 6.92 Å². The minimum atomic E-state index is -0.000309. The van der Waals surface area contributed by atoms with Gasteiger partial charge in [0.2, 0.25) is 0 Å². The molecule has 0 amide bonds. The van der Waals surface area contributed by atoms with Crippen LogP contribution in [0.2, 0.25) is 5.02 Å². The summed E-state index contributed by atoms with van der Waals surface area (Å²) in [4.78, 5) is 0. The van der Waals surface area contributed by atoms with E-state index in [9.17, 15) is 0 Å². The van der Waals surface area contributed by atoms with E-state index in [1.54, 1.807) is 0 Å². The first-order valence-corrected chi connectivity index (χ1v) is 5.76. The maximum absolute atomic E-state index is 5.91. The van der Waals surface area contributed by atoms with Crippen LogP contribution in [0.15, 0.2) is 18.2 Å². The van der Waals surface area contributed by atoms with Crippen molar-refractivity contribution in [1.82, 2.24) is 5.43 Å². The van der Waals surface area contributed by atoms with Crippen molar-refractivity contribution >= 4 is 11.6 Å². The molecule has 0 bridgehead atoms. The third kappa shape index (κ3) is 3.76. The Bertz CT molecular complexity index is 342. The summed E-state index contributed by atoms with van der Waals surface area (Å²) in [6.07, 6.45) is 0.198. The molecule has 1 atom stereocenters. The SMILES string of the molecule is Cc1cc(Cl)ccc1C(COC(C)C)NN. The molecule has 1 aromatic carbocycles. The maximum atomic E-state index is 5.91. The molecule has 0 saturated carbocycles. The van der Waals surface area contributed by atoms with Gasteiger partial charge >= 0.3 is 0 Å². The van der Waals surface area contributed by atoms with Crippen molar-refractivity contribution in [3.8, 4) is 0 Å². The quantitative estimate of drug-likeness (QED) is 0.616. The molecule has 0 aromatic heterocycles. The highest BCUT2D eigenvalue weighted by molar-refractivity contribution is 6.30. The summed E-state index contributed by atoms with van der Waals surface area (Å²) in [5.74, 6) is 5.53. The zero-order valence-corrected chi connectivity index (χ0v) is 10.7. The molecular weight excluding hydrogens is 224 g/mol. The number of aryl methyl sites for hydroxylation is 1. The predicted octanol–water partition coefficient (Wildman–Crippen LogP) is 2.58. The second-order valence-corrected chi connectivity index (χ2v) is 4.54. The zero-order chi connectivity index (χ0) is 12.1. The first kappa shape index (κ1) is 13.5. The Hall–Kier alpha value is -0.610. The topological polar surface area (TPSA) is 47.3 Å². The Morgan fingerprint density at radius 3 is 2.62 bits per heavy atom. The van der Waals surface area contributed by atoms with Crippen LogP contribution in [-0.4, -0.2) is 12.7 Å². The van der Waals surface area contributed by atoms with E-state index in [2.05, 4.69) is 5.43 Å². The van der Waals surface area contributed by atoms with Gasteiger partial charge in [0.1, 0.15) is 0 Å². The van der Waals surface area contributed by atoms with E-state index in [1.807, 2.05) is 39.0 Å². The number of hydrazine groups is 1. The third-order valence-electron chi connectivity index (χ3n) is 2.40. The van der Waals surface area contributed by atoms with Gasteiger partial charge in [-0.3, -0.25) is 11.3 Å². The van der Waals surface area contributed by atoms with Crippen molar-refractivity contribution in [2.24, 2.45) is 5.84 Å². The monoisotopic (exact) mass is 242 g/mol. The minimum absolute atomic E-state index is 0.000309. The Morgan fingerprint density at radius 1 is 1.44 bits per heavy atom. The summed E-state index contributed by atoms with van der Waals surface area (Å²) < 4.78 is 5.56. The van der Waals surface area contributed by atoms with Gasteiger partial charge < -0.3 is 4.74 Å². The number of halogens is 1. The second-order valence-electron chi connectivity index (χ2n) is 4.10. The normalized spacial score (nSPS) is 13.1. The van der Waals surface area contributed by atoms with Crippen LogP contribution in [0.3, 0.4) is 0 Å². The van der Waals surface area contributed by atoms with Gasteiger partial charge in [0.25, 0.3) is 0 Å². The van der Waals surface area contributed by atoms with Gasteiger partial charge in [-0.1, -0.05) is 17.7 Å². The molecule has 0 aliphatic carbocycles. The average Bonchev–Trinajstić information content (AvgIpc) is 2.21.